The van der Waals surface area contributed by atoms with Gasteiger partial charge < -0.3 is 10.8 Å². The molecule has 1 aliphatic rings. The zero-order valence-corrected chi connectivity index (χ0v) is 14.4. The van der Waals surface area contributed by atoms with E-state index in [9.17, 15) is 5.11 Å². The first-order valence-corrected chi connectivity index (χ1v) is 10.2. The fourth-order valence-corrected chi connectivity index (χ4v) is 9.56. The molecule has 0 bridgehead atoms. The molecule has 0 aromatic carbocycles. The van der Waals surface area contributed by atoms with Gasteiger partial charge in [0.15, 0.2) is 0 Å². The Hall–Kier alpha value is -0.760. The smallest absolute Gasteiger partial charge is 0.0917 e. The normalized spacial score (nSPS) is 31.1. The molecule has 0 aromatic heterocycles. The van der Waals surface area contributed by atoms with E-state index in [0.717, 1.165) is 6.54 Å². The summed E-state index contributed by atoms with van der Waals surface area (Å²) in [5.74, 6) is 2.15. The Labute approximate surface area is 124 Å². The van der Waals surface area contributed by atoms with Gasteiger partial charge in [-0.1, -0.05) is 26.0 Å². The second kappa shape index (κ2) is 6.34. The lowest BCUT2D eigenvalue weighted by Gasteiger charge is -2.29. The molecule has 20 heavy (non-hydrogen) atoms. The highest BCUT2D eigenvalue weighted by Gasteiger charge is 2.59. The van der Waals surface area contributed by atoms with Gasteiger partial charge in [0.2, 0.25) is 0 Å². The minimum atomic E-state index is -1.63. The van der Waals surface area contributed by atoms with Crippen LogP contribution in [0.4, 0.5) is 0 Å². The van der Waals surface area contributed by atoms with Crippen LogP contribution in [0.2, 0.25) is 0 Å². The Morgan fingerprint density at radius 1 is 1.45 bits per heavy atom. The van der Waals surface area contributed by atoms with Crippen molar-refractivity contribution in [1.29, 1.82) is 0 Å². The van der Waals surface area contributed by atoms with E-state index in [2.05, 4.69) is 50.3 Å². The lowest BCUT2D eigenvalue weighted by molar-refractivity contribution is 0.400. The quantitative estimate of drug-likeness (QED) is 0.340. The summed E-state index contributed by atoms with van der Waals surface area (Å²) in [6.45, 7) is 9.25. The third kappa shape index (κ3) is 3.11. The molecule has 0 aromatic rings. The largest absolute Gasteiger partial charge is 0.512 e. The predicted octanol–water partition coefficient (Wildman–Crippen LogP) is 3.71. The van der Waals surface area contributed by atoms with Crippen molar-refractivity contribution in [3.05, 3.63) is 30.1 Å². The highest BCUT2D eigenvalue weighted by Crippen LogP contribution is 2.80. The Morgan fingerprint density at radius 3 is 2.60 bits per heavy atom. The van der Waals surface area contributed by atoms with Crippen LogP contribution in [0.3, 0.4) is 0 Å². The van der Waals surface area contributed by atoms with Crippen LogP contribution in [0.25, 0.3) is 0 Å². The highest BCUT2D eigenvalue weighted by molar-refractivity contribution is 8.52. The van der Waals surface area contributed by atoms with Gasteiger partial charge in [-0.15, -0.1) is 5.02 Å². The van der Waals surface area contributed by atoms with E-state index in [1.165, 1.54) is 5.75 Å². The van der Waals surface area contributed by atoms with Crippen LogP contribution in [-0.4, -0.2) is 39.2 Å². The summed E-state index contributed by atoms with van der Waals surface area (Å²) in [6, 6.07) is 0. The van der Waals surface area contributed by atoms with E-state index in [1.807, 2.05) is 6.92 Å². The molecule has 1 heterocycles. The van der Waals surface area contributed by atoms with Crippen molar-refractivity contribution in [2.24, 2.45) is 11.7 Å². The molecule has 1 rings (SSSR count). The van der Waals surface area contributed by atoms with Gasteiger partial charge in [0.25, 0.3) is 0 Å². The number of aliphatic hydroxyl groups excluding tert-OH is 1. The zero-order chi connectivity index (χ0) is 15.4. The van der Waals surface area contributed by atoms with Crippen LogP contribution in [0.1, 0.15) is 34.1 Å². The zero-order valence-electron chi connectivity index (χ0n) is 13.6. The second-order valence-electron chi connectivity index (χ2n) is 6.31. The Balaban J connectivity index is 2.99. The summed E-state index contributed by atoms with van der Waals surface area (Å²) in [5, 5.41) is 14.5. The van der Waals surface area contributed by atoms with E-state index < -0.39 is 8.75 Å². The maximum Gasteiger partial charge on any atom is 0.0917 e. The maximum absolute atomic E-state index is 9.52. The van der Waals surface area contributed by atoms with Crippen LogP contribution in [0.15, 0.2) is 30.1 Å². The summed E-state index contributed by atoms with van der Waals surface area (Å²) >= 11 is 0. The van der Waals surface area contributed by atoms with Crippen LogP contribution in [0.5, 0.6) is 0 Å². The van der Waals surface area contributed by atoms with Crippen molar-refractivity contribution in [3.63, 3.8) is 0 Å². The van der Waals surface area contributed by atoms with Crippen LogP contribution >= 0.6 is 8.75 Å². The molecule has 3 N–H and O–H groups in total. The Kier molecular flexibility index (Phi) is 5.48. The van der Waals surface area contributed by atoms with Crippen molar-refractivity contribution in [3.8, 4) is 0 Å². The van der Waals surface area contributed by atoms with Gasteiger partial charge in [-0.2, -0.15) is 0 Å². The van der Waals surface area contributed by atoms with Crippen LogP contribution in [0, 0.1) is 5.92 Å². The number of hydrogen-bond donors (Lipinski definition) is 2. The van der Waals surface area contributed by atoms with Crippen molar-refractivity contribution in [1.82, 2.24) is 0 Å². The monoisotopic (exact) mass is 297 g/mol. The Bertz CT molecular complexity index is 511. The summed E-state index contributed by atoms with van der Waals surface area (Å²) in [7, 11) is -1.63. The van der Waals surface area contributed by atoms with Crippen molar-refractivity contribution < 1.29 is 5.11 Å². The molecule has 0 amide bonds. The van der Waals surface area contributed by atoms with E-state index in [4.69, 9.17) is 5.73 Å². The number of aliphatic hydroxyl groups is 1. The highest BCUT2D eigenvalue weighted by atomic mass is 32.3. The third-order valence-electron chi connectivity index (χ3n) is 4.75. The molecule has 116 valence electrons. The van der Waals surface area contributed by atoms with Gasteiger partial charge in [0.05, 0.1) is 5.76 Å². The third-order valence-corrected chi connectivity index (χ3v) is 11.2. The van der Waals surface area contributed by atoms with Gasteiger partial charge >= 0.3 is 0 Å². The first kappa shape index (κ1) is 17.3. The molecule has 0 spiro atoms. The van der Waals surface area contributed by atoms with E-state index >= 15 is 0 Å². The SMILES string of the molecule is CC=C=S1(C)(CC(C)CN)C(C)C1C=CCC(O)=CC. The van der Waals surface area contributed by atoms with Crippen molar-refractivity contribution in [2.45, 2.75) is 44.6 Å². The lowest BCUT2D eigenvalue weighted by atomic mass is 10.2. The molecule has 2 nitrogen and oxygen atoms in total. The minimum absolute atomic E-state index is 0.439. The fraction of sp³-hybridized carbons (Fsp3) is 0.647. The molecule has 3 unspecified atom stereocenters. The number of hydrogen-bond acceptors (Lipinski definition) is 2. The fourth-order valence-electron chi connectivity index (χ4n) is 3.27. The molecule has 0 saturated carbocycles. The Morgan fingerprint density at radius 2 is 2.10 bits per heavy atom. The molecule has 1 saturated heterocycles. The molecule has 3 atom stereocenters. The van der Waals surface area contributed by atoms with Gasteiger partial charge in [-0.25, -0.2) is 8.75 Å². The summed E-state index contributed by atoms with van der Waals surface area (Å²) in [4.78, 5) is 0. The predicted molar refractivity (Wildman–Crippen MR) is 95.2 cm³/mol. The van der Waals surface area contributed by atoms with Gasteiger partial charge in [0, 0.05) is 16.9 Å². The second-order valence-corrected chi connectivity index (χ2v) is 11.8. The summed E-state index contributed by atoms with van der Waals surface area (Å²) in [5.41, 5.74) is 5.83. The van der Waals surface area contributed by atoms with Gasteiger partial charge in [-0.05, 0) is 50.5 Å². The maximum atomic E-state index is 9.52. The molecular weight excluding hydrogens is 266 g/mol. The van der Waals surface area contributed by atoms with E-state index in [-0.39, 0.29) is 0 Å². The number of rotatable bonds is 6. The van der Waals surface area contributed by atoms with Crippen LogP contribution in [-0.2, 0) is 0 Å². The molecule has 3 heteroatoms. The molecule has 1 aliphatic heterocycles. The van der Waals surface area contributed by atoms with Crippen molar-refractivity contribution >= 4 is 13.8 Å². The van der Waals surface area contributed by atoms with E-state index in [1.54, 1.807) is 6.08 Å². The van der Waals surface area contributed by atoms with Crippen LogP contribution < -0.4 is 5.73 Å². The molecule has 1 fully saturated rings. The average Bonchev–Trinajstić information content (AvgIpc) is 2.86. The summed E-state index contributed by atoms with van der Waals surface area (Å²) < 4.78 is 0. The van der Waals surface area contributed by atoms with Gasteiger partial charge in [-0.3, -0.25) is 0 Å². The number of nitrogens with two attached hydrogens (primary N) is 1. The van der Waals surface area contributed by atoms with Gasteiger partial charge in [0.1, 0.15) is 0 Å². The average molecular weight is 298 g/mol. The first-order valence-electron chi connectivity index (χ1n) is 7.47. The summed E-state index contributed by atoms with van der Waals surface area (Å²) in [6.07, 6.45) is 11.3. The first-order chi connectivity index (χ1) is 9.32. The lowest BCUT2D eigenvalue weighted by Crippen LogP contribution is -2.18. The topological polar surface area (TPSA) is 46.2 Å². The number of allylic oxidation sites excluding steroid dienone is 3. The van der Waals surface area contributed by atoms with E-state index in [0.29, 0.717) is 28.6 Å². The molecule has 0 aliphatic carbocycles. The molecule has 0 radical (unpaired) electrons. The standard InChI is InChI=1S/C17H31NOS/c1-6-11-20(5,13-14(3)12-18)15(4)17(20)10-8-9-16(19)7-2/h6-8,10,14-15,17,19H,9,12-13,18H2,1-5H3. The minimum Gasteiger partial charge on any atom is -0.512 e. The van der Waals surface area contributed by atoms with Crippen molar-refractivity contribution in [2.75, 3.05) is 18.6 Å². The molecular formula is C17H31NOS.